The molecule has 2 aromatic carbocycles. The molecule has 122 valence electrons. The van der Waals surface area contributed by atoms with Crippen LogP contribution in [-0.2, 0) is 5.41 Å². The van der Waals surface area contributed by atoms with Crippen LogP contribution in [0.5, 0.6) is 11.6 Å². The van der Waals surface area contributed by atoms with Crippen LogP contribution in [0, 0.1) is 0 Å². The number of aromatic nitrogens is 1. The van der Waals surface area contributed by atoms with Crippen molar-refractivity contribution >= 4 is 10.8 Å². The minimum absolute atomic E-state index is 0.148. The Morgan fingerprint density at radius 1 is 0.958 bits per heavy atom. The summed E-state index contributed by atoms with van der Waals surface area (Å²) in [6.45, 7) is 6.66. The van der Waals surface area contributed by atoms with Gasteiger partial charge in [-0.1, -0.05) is 51.1 Å². The molecule has 0 spiro atoms. The zero-order valence-electron chi connectivity index (χ0n) is 14.5. The second kappa shape index (κ2) is 5.62. The third-order valence-electron chi connectivity index (χ3n) is 4.66. The molecule has 0 saturated heterocycles. The van der Waals surface area contributed by atoms with E-state index in [-0.39, 0.29) is 5.41 Å². The molecule has 0 amide bonds. The highest BCUT2D eigenvalue weighted by atomic mass is 16.5. The smallest absolute Gasteiger partial charge is 0.227 e. The van der Waals surface area contributed by atoms with Gasteiger partial charge in [0.25, 0.3) is 0 Å². The van der Waals surface area contributed by atoms with Crippen molar-refractivity contribution in [2.45, 2.75) is 44.9 Å². The third kappa shape index (κ3) is 3.01. The molecule has 0 bridgehead atoms. The zero-order valence-corrected chi connectivity index (χ0v) is 14.5. The molecule has 1 aromatic heterocycles. The van der Waals surface area contributed by atoms with Crippen LogP contribution in [0.1, 0.15) is 50.8 Å². The summed E-state index contributed by atoms with van der Waals surface area (Å²) in [5.41, 5.74) is 2.62. The maximum absolute atomic E-state index is 6.17. The molecule has 3 aromatic rings. The Kier molecular flexibility index (Phi) is 3.56. The molecule has 2 nitrogen and oxygen atoms in total. The van der Waals surface area contributed by atoms with Crippen molar-refractivity contribution in [3.05, 3.63) is 65.9 Å². The number of hydrogen-bond donors (Lipinski definition) is 0. The fraction of sp³-hybridized carbons (Fsp3) is 0.318. The number of pyridine rings is 1. The van der Waals surface area contributed by atoms with Gasteiger partial charge in [-0.2, -0.15) is 0 Å². The fourth-order valence-corrected chi connectivity index (χ4v) is 2.99. The lowest BCUT2D eigenvalue weighted by molar-refractivity contribution is 0.466. The van der Waals surface area contributed by atoms with Crippen molar-refractivity contribution < 1.29 is 4.74 Å². The van der Waals surface area contributed by atoms with Crippen molar-refractivity contribution in [2.24, 2.45) is 0 Å². The predicted molar refractivity (Wildman–Crippen MR) is 98.9 cm³/mol. The van der Waals surface area contributed by atoms with Crippen LogP contribution in [-0.4, -0.2) is 4.98 Å². The highest BCUT2D eigenvalue weighted by molar-refractivity contribution is 5.87. The van der Waals surface area contributed by atoms with Gasteiger partial charge < -0.3 is 4.74 Å². The van der Waals surface area contributed by atoms with Crippen LogP contribution in [0.4, 0.5) is 0 Å². The van der Waals surface area contributed by atoms with Gasteiger partial charge in [0.2, 0.25) is 5.88 Å². The van der Waals surface area contributed by atoms with E-state index < -0.39 is 0 Å². The molecule has 0 unspecified atom stereocenters. The summed E-state index contributed by atoms with van der Waals surface area (Å²) in [6, 6.07) is 18.9. The van der Waals surface area contributed by atoms with Gasteiger partial charge in [0.05, 0.1) is 0 Å². The first-order valence-corrected chi connectivity index (χ1v) is 8.69. The molecule has 1 saturated carbocycles. The van der Waals surface area contributed by atoms with Gasteiger partial charge in [-0.3, -0.25) is 0 Å². The van der Waals surface area contributed by atoms with Gasteiger partial charge in [-0.25, -0.2) is 4.98 Å². The Hall–Kier alpha value is -2.35. The Bertz CT molecular complexity index is 871. The number of ether oxygens (including phenoxy) is 1. The predicted octanol–water partition coefficient (Wildman–Crippen LogP) is 6.20. The Labute approximate surface area is 143 Å². The number of benzene rings is 2. The van der Waals surface area contributed by atoms with E-state index in [0.717, 1.165) is 22.7 Å². The Morgan fingerprint density at radius 3 is 2.33 bits per heavy atom. The van der Waals surface area contributed by atoms with Crippen molar-refractivity contribution in [1.29, 1.82) is 0 Å². The minimum atomic E-state index is 0.148. The van der Waals surface area contributed by atoms with Gasteiger partial charge in [-0.05, 0) is 53.5 Å². The normalized spacial score (nSPS) is 14.8. The first kappa shape index (κ1) is 15.2. The van der Waals surface area contributed by atoms with Gasteiger partial charge in [0.15, 0.2) is 0 Å². The number of hydrogen-bond acceptors (Lipinski definition) is 2. The summed E-state index contributed by atoms with van der Waals surface area (Å²) >= 11 is 0. The molecule has 4 rings (SSSR count). The Morgan fingerprint density at radius 2 is 1.67 bits per heavy atom. The second-order valence-electron chi connectivity index (χ2n) is 7.72. The van der Waals surface area contributed by atoms with Crippen LogP contribution < -0.4 is 4.74 Å². The van der Waals surface area contributed by atoms with Crippen LogP contribution in [0.2, 0.25) is 0 Å². The van der Waals surface area contributed by atoms with E-state index in [0.29, 0.717) is 5.92 Å². The second-order valence-corrected chi connectivity index (χ2v) is 7.72. The van der Waals surface area contributed by atoms with Gasteiger partial charge in [0.1, 0.15) is 5.75 Å². The SMILES string of the molecule is CC(C)(C)c1ccc(Oc2nc(C3CC3)cc3ccccc23)cc1. The van der Waals surface area contributed by atoms with Crippen LogP contribution in [0.3, 0.4) is 0 Å². The summed E-state index contributed by atoms with van der Waals surface area (Å²) in [5.74, 6) is 2.17. The maximum Gasteiger partial charge on any atom is 0.227 e. The maximum atomic E-state index is 6.17. The Balaban J connectivity index is 1.71. The molecule has 0 aliphatic heterocycles. The van der Waals surface area contributed by atoms with E-state index in [2.05, 4.69) is 57.2 Å². The van der Waals surface area contributed by atoms with Gasteiger partial charge in [-0.15, -0.1) is 0 Å². The molecular formula is C22H23NO. The topological polar surface area (TPSA) is 22.1 Å². The first-order chi connectivity index (χ1) is 11.5. The molecule has 24 heavy (non-hydrogen) atoms. The molecule has 2 heteroatoms. The molecule has 1 aliphatic rings. The lowest BCUT2D eigenvalue weighted by atomic mass is 9.87. The highest BCUT2D eigenvalue weighted by Crippen LogP contribution is 2.41. The van der Waals surface area contributed by atoms with Crippen LogP contribution >= 0.6 is 0 Å². The molecule has 1 fully saturated rings. The van der Waals surface area contributed by atoms with Crippen molar-refractivity contribution in [1.82, 2.24) is 4.98 Å². The van der Waals surface area contributed by atoms with E-state index >= 15 is 0 Å². The summed E-state index contributed by atoms with van der Waals surface area (Å²) < 4.78 is 6.17. The van der Waals surface area contributed by atoms with Crippen LogP contribution in [0.25, 0.3) is 10.8 Å². The fourth-order valence-electron chi connectivity index (χ4n) is 2.99. The highest BCUT2D eigenvalue weighted by Gasteiger charge is 2.26. The van der Waals surface area contributed by atoms with E-state index in [1.165, 1.54) is 23.8 Å². The monoisotopic (exact) mass is 317 g/mol. The molecule has 0 N–H and O–H groups in total. The van der Waals surface area contributed by atoms with E-state index in [4.69, 9.17) is 9.72 Å². The quantitative estimate of drug-likeness (QED) is 0.573. The van der Waals surface area contributed by atoms with Crippen molar-refractivity contribution in [3.63, 3.8) is 0 Å². The standard InChI is InChI=1S/C22H23NO/c1-22(2,3)17-10-12-18(13-11-17)24-21-19-7-5-4-6-16(19)14-20(23-21)15-8-9-15/h4-7,10-15H,8-9H2,1-3H3. The van der Waals surface area contributed by atoms with Crippen molar-refractivity contribution in [3.8, 4) is 11.6 Å². The number of nitrogens with zero attached hydrogens (tertiary/aromatic N) is 1. The largest absolute Gasteiger partial charge is 0.438 e. The first-order valence-electron chi connectivity index (χ1n) is 8.69. The van der Waals surface area contributed by atoms with E-state index in [1.807, 2.05) is 18.2 Å². The summed E-state index contributed by atoms with van der Waals surface area (Å²) in [5, 5.41) is 2.28. The zero-order chi connectivity index (χ0) is 16.7. The molecule has 1 aliphatic carbocycles. The van der Waals surface area contributed by atoms with Crippen molar-refractivity contribution in [2.75, 3.05) is 0 Å². The lowest BCUT2D eigenvalue weighted by Crippen LogP contribution is -2.10. The van der Waals surface area contributed by atoms with E-state index in [9.17, 15) is 0 Å². The molecular weight excluding hydrogens is 294 g/mol. The summed E-state index contributed by atoms with van der Waals surface area (Å²) in [7, 11) is 0. The molecule has 0 radical (unpaired) electrons. The average molecular weight is 317 g/mol. The van der Waals surface area contributed by atoms with Crippen LogP contribution in [0.15, 0.2) is 54.6 Å². The lowest BCUT2D eigenvalue weighted by Gasteiger charge is -2.19. The average Bonchev–Trinajstić information content (AvgIpc) is 3.39. The number of fused-ring (bicyclic) bond motifs is 1. The van der Waals surface area contributed by atoms with Gasteiger partial charge >= 0.3 is 0 Å². The summed E-state index contributed by atoms with van der Waals surface area (Å²) in [6.07, 6.45) is 2.48. The third-order valence-corrected chi connectivity index (χ3v) is 4.66. The number of rotatable bonds is 3. The van der Waals surface area contributed by atoms with Gasteiger partial charge in [0, 0.05) is 17.0 Å². The van der Waals surface area contributed by atoms with E-state index in [1.54, 1.807) is 0 Å². The minimum Gasteiger partial charge on any atom is -0.438 e. The molecule has 1 heterocycles. The summed E-state index contributed by atoms with van der Waals surface area (Å²) in [4.78, 5) is 4.81. The molecule has 0 atom stereocenters.